The maximum atomic E-state index is 12.3. The van der Waals surface area contributed by atoms with E-state index in [1.165, 1.54) is 28.8 Å². The summed E-state index contributed by atoms with van der Waals surface area (Å²) in [5.74, 6) is -0.607. The maximum absolute atomic E-state index is 12.3. The Morgan fingerprint density at radius 2 is 1.96 bits per heavy atom. The zero-order valence-corrected chi connectivity index (χ0v) is 16.3. The third-order valence-corrected chi connectivity index (χ3v) is 6.52. The molecule has 0 radical (unpaired) electrons. The lowest BCUT2D eigenvalue weighted by molar-refractivity contribution is 0.0697. The molecule has 1 aliphatic rings. The third kappa shape index (κ3) is 3.85. The van der Waals surface area contributed by atoms with E-state index in [-0.39, 0.29) is 11.5 Å². The van der Waals surface area contributed by atoms with Crippen molar-refractivity contribution in [2.45, 2.75) is 19.3 Å². The van der Waals surface area contributed by atoms with Crippen LogP contribution < -0.4 is 0 Å². The van der Waals surface area contributed by atoms with Crippen LogP contribution in [-0.4, -0.2) is 65.3 Å². The highest BCUT2D eigenvalue weighted by Gasteiger charge is 2.35. The van der Waals surface area contributed by atoms with Crippen LogP contribution in [0.1, 0.15) is 34.2 Å². The van der Waals surface area contributed by atoms with Gasteiger partial charge in [-0.2, -0.15) is 17.0 Å². The maximum Gasteiger partial charge on any atom is 0.336 e. The summed E-state index contributed by atoms with van der Waals surface area (Å²) in [6.07, 6.45) is 0.622. The molecule has 2 aromatic rings. The molecule has 1 aliphatic heterocycles. The number of aromatic nitrogens is 2. The molecule has 1 aromatic carbocycles. The fraction of sp³-hybridized carbons (Fsp3) is 0.389. The van der Waals surface area contributed by atoms with Crippen molar-refractivity contribution in [2.75, 3.05) is 27.2 Å². The van der Waals surface area contributed by atoms with E-state index in [1.54, 1.807) is 24.3 Å². The highest BCUT2D eigenvalue weighted by molar-refractivity contribution is 7.86. The quantitative estimate of drug-likeness (QED) is 0.834. The molecule has 1 atom stereocenters. The van der Waals surface area contributed by atoms with Gasteiger partial charge in [-0.05, 0) is 25.5 Å². The first-order valence-corrected chi connectivity index (χ1v) is 9.95. The summed E-state index contributed by atoms with van der Waals surface area (Å²) in [5, 5.41) is 9.43. The molecule has 1 saturated heterocycles. The number of aromatic carboxylic acids is 1. The Bertz CT molecular complexity index is 975. The second-order valence-corrected chi connectivity index (χ2v) is 8.88. The van der Waals surface area contributed by atoms with Gasteiger partial charge in [-0.25, -0.2) is 14.8 Å². The largest absolute Gasteiger partial charge is 0.478 e. The number of carbonyl (C=O) groups is 1. The van der Waals surface area contributed by atoms with Gasteiger partial charge in [0.2, 0.25) is 0 Å². The predicted octanol–water partition coefficient (Wildman–Crippen LogP) is 1.75. The topological polar surface area (TPSA) is 104 Å². The Hall–Kier alpha value is -2.36. The van der Waals surface area contributed by atoms with E-state index < -0.39 is 16.2 Å². The van der Waals surface area contributed by atoms with Gasteiger partial charge >= 0.3 is 5.97 Å². The van der Waals surface area contributed by atoms with Crippen molar-refractivity contribution in [1.29, 1.82) is 0 Å². The zero-order valence-electron chi connectivity index (χ0n) is 15.5. The van der Waals surface area contributed by atoms with Crippen molar-refractivity contribution in [3.8, 4) is 11.3 Å². The van der Waals surface area contributed by atoms with Gasteiger partial charge in [0, 0.05) is 44.4 Å². The number of benzene rings is 1. The molecule has 0 aliphatic carbocycles. The van der Waals surface area contributed by atoms with Gasteiger partial charge in [-0.3, -0.25) is 0 Å². The molecule has 8 nitrogen and oxygen atoms in total. The number of hydrogen-bond acceptors (Lipinski definition) is 5. The lowest BCUT2D eigenvalue weighted by atomic mass is 10.0. The van der Waals surface area contributed by atoms with Crippen LogP contribution in [0.3, 0.4) is 0 Å². The standard InChI is InChI=1S/C18H22N4O4S/c1-12-10-16(14-6-4-5-7-15(14)18(23)24)20-17(19-12)13-8-9-22(11-13)27(25,26)21(2)3/h4-7,10,13H,8-9,11H2,1-3H3,(H,23,24). The molecule has 1 unspecified atom stereocenters. The molecule has 144 valence electrons. The second-order valence-electron chi connectivity index (χ2n) is 6.74. The summed E-state index contributed by atoms with van der Waals surface area (Å²) in [4.78, 5) is 20.6. The average molecular weight is 390 g/mol. The van der Waals surface area contributed by atoms with Gasteiger partial charge in [0.05, 0.1) is 11.3 Å². The van der Waals surface area contributed by atoms with Crippen molar-refractivity contribution in [3.63, 3.8) is 0 Å². The van der Waals surface area contributed by atoms with E-state index in [4.69, 9.17) is 0 Å². The molecule has 3 rings (SSSR count). The normalized spacial score (nSPS) is 18.1. The molecule has 1 aromatic heterocycles. The molecule has 0 bridgehead atoms. The second kappa shape index (κ2) is 7.34. The van der Waals surface area contributed by atoms with Crippen LogP contribution in [0.5, 0.6) is 0 Å². The lowest BCUT2D eigenvalue weighted by Gasteiger charge is -2.20. The highest BCUT2D eigenvalue weighted by atomic mass is 32.2. The van der Waals surface area contributed by atoms with Crippen molar-refractivity contribution in [3.05, 3.63) is 47.4 Å². The van der Waals surface area contributed by atoms with Crippen LogP contribution in [-0.2, 0) is 10.2 Å². The van der Waals surface area contributed by atoms with Gasteiger partial charge in [-0.1, -0.05) is 18.2 Å². The molecule has 2 heterocycles. The number of rotatable bonds is 5. The fourth-order valence-electron chi connectivity index (χ4n) is 3.18. The Morgan fingerprint density at radius 1 is 1.26 bits per heavy atom. The van der Waals surface area contributed by atoms with Crippen molar-refractivity contribution < 1.29 is 18.3 Å². The number of nitrogens with zero attached hydrogens (tertiary/aromatic N) is 4. The van der Waals surface area contributed by atoms with E-state index in [0.717, 1.165) is 0 Å². The fourth-order valence-corrected chi connectivity index (χ4v) is 4.35. The SMILES string of the molecule is Cc1cc(-c2ccccc2C(=O)O)nc(C2CCN(S(=O)(=O)N(C)C)C2)n1. The van der Waals surface area contributed by atoms with Gasteiger partial charge in [0.15, 0.2) is 0 Å². The number of hydrogen-bond donors (Lipinski definition) is 1. The van der Waals surface area contributed by atoms with Gasteiger partial charge in [0.25, 0.3) is 10.2 Å². The molecule has 1 N–H and O–H groups in total. The monoisotopic (exact) mass is 390 g/mol. The molecule has 27 heavy (non-hydrogen) atoms. The first-order chi connectivity index (χ1) is 12.7. The Morgan fingerprint density at radius 3 is 2.63 bits per heavy atom. The predicted molar refractivity (Wildman–Crippen MR) is 101 cm³/mol. The molecule has 0 amide bonds. The van der Waals surface area contributed by atoms with Crippen LogP contribution in [0.25, 0.3) is 11.3 Å². The molecular formula is C18H22N4O4S. The van der Waals surface area contributed by atoms with Gasteiger partial charge in [-0.15, -0.1) is 0 Å². The minimum absolute atomic E-state index is 0.129. The van der Waals surface area contributed by atoms with E-state index in [1.807, 2.05) is 6.92 Å². The molecular weight excluding hydrogens is 368 g/mol. The average Bonchev–Trinajstić information content (AvgIpc) is 3.12. The zero-order chi connectivity index (χ0) is 19.8. The van der Waals surface area contributed by atoms with Gasteiger partial charge < -0.3 is 5.11 Å². The number of aryl methyl sites for hydroxylation is 1. The van der Waals surface area contributed by atoms with Crippen LogP contribution in [0.2, 0.25) is 0 Å². The summed E-state index contributed by atoms with van der Waals surface area (Å²) in [5.41, 5.74) is 1.94. The van der Waals surface area contributed by atoms with Crippen LogP contribution in [0.15, 0.2) is 30.3 Å². The molecule has 9 heteroatoms. The van der Waals surface area contributed by atoms with E-state index >= 15 is 0 Å². The Kier molecular flexibility index (Phi) is 5.27. The van der Waals surface area contributed by atoms with E-state index in [2.05, 4.69) is 9.97 Å². The van der Waals surface area contributed by atoms with Crippen LogP contribution >= 0.6 is 0 Å². The van der Waals surface area contributed by atoms with Crippen LogP contribution in [0.4, 0.5) is 0 Å². The Labute approximate surface area is 158 Å². The minimum atomic E-state index is -3.47. The summed E-state index contributed by atoms with van der Waals surface area (Å²) in [7, 11) is -0.461. The lowest BCUT2D eigenvalue weighted by Crippen LogP contribution is -2.38. The smallest absolute Gasteiger partial charge is 0.336 e. The molecule has 0 saturated carbocycles. The minimum Gasteiger partial charge on any atom is -0.478 e. The molecule has 1 fully saturated rings. The van der Waals surface area contributed by atoms with Gasteiger partial charge in [0.1, 0.15) is 5.82 Å². The number of carboxylic acids is 1. The third-order valence-electron chi connectivity index (χ3n) is 4.61. The van der Waals surface area contributed by atoms with Crippen molar-refractivity contribution in [1.82, 2.24) is 18.6 Å². The van der Waals surface area contributed by atoms with Crippen LogP contribution in [0, 0.1) is 6.92 Å². The number of carboxylic acid groups (broad SMARTS) is 1. The first-order valence-electron chi connectivity index (χ1n) is 8.56. The van der Waals surface area contributed by atoms with E-state index in [0.29, 0.717) is 42.3 Å². The highest BCUT2D eigenvalue weighted by Crippen LogP contribution is 2.30. The first kappa shape index (κ1) is 19.4. The summed E-state index contributed by atoms with van der Waals surface area (Å²) in [6, 6.07) is 8.43. The van der Waals surface area contributed by atoms with E-state index in [9.17, 15) is 18.3 Å². The molecule has 0 spiro atoms. The summed E-state index contributed by atoms with van der Waals surface area (Å²) >= 11 is 0. The van der Waals surface area contributed by atoms with Crippen molar-refractivity contribution >= 4 is 16.2 Å². The van der Waals surface area contributed by atoms with Crippen molar-refractivity contribution in [2.24, 2.45) is 0 Å². The Balaban J connectivity index is 1.95. The summed E-state index contributed by atoms with van der Waals surface area (Å²) < 4.78 is 27.3. The summed E-state index contributed by atoms with van der Waals surface area (Å²) in [6.45, 7) is 2.54.